The lowest BCUT2D eigenvalue weighted by molar-refractivity contribution is -0.948. The number of aliphatic hydroxyl groups excluding tert-OH is 1. The highest BCUT2D eigenvalue weighted by molar-refractivity contribution is 5.77. The highest BCUT2D eigenvalue weighted by Crippen LogP contribution is 2.48. The van der Waals surface area contributed by atoms with Crippen molar-refractivity contribution in [3.63, 3.8) is 0 Å². The van der Waals surface area contributed by atoms with Crippen molar-refractivity contribution >= 4 is 0 Å². The van der Waals surface area contributed by atoms with E-state index >= 15 is 0 Å². The molecule has 2 aromatic carbocycles. The van der Waals surface area contributed by atoms with Crippen LogP contribution >= 0.6 is 0 Å². The summed E-state index contributed by atoms with van der Waals surface area (Å²) in [6, 6.07) is 17.8. The van der Waals surface area contributed by atoms with E-state index in [0.29, 0.717) is 6.04 Å². The first-order valence-corrected chi connectivity index (χ1v) is 7.92. The second-order valence-electron chi connectivity index (χ2n) is 5.88. The van der Waals surface area contributed by atoms with Gasteiger partial charge in [-0.3, -0.25) is 0 Å². The average molecular weight is 362 g/mol. The Bertz CT molecular complexity index is 591. The first-order chi connectivity index (χ1) is 10.3. The molecule has 0 spiro atoms. The Labute approximate surface area is 143 Å². The molecule has 22 heavy (non-hydrogen) atoms. The topological polar surface area (TPSA) is 20.2 Å². The summed E-state index contributed by atoms with van der Waals surface area (Å²) in [4.78, 5) is 0. The van der Waals surface area contributed by atoms with Crippen LogP contribution in [0.4, 0.5) is 0 Å². The molecule has 0 fully saturated rings. The molecule has 0 atom stereocenters. The molecule has 118 valence electrons. The third-order valence-corrected chi connectivity index (χ3v) is 5.15. The Morgan fingerprint density at radius 3 is 1.73 bits per heavy atom. The molecule has 0 amide bonds. The summed E-state index contributed by atoms with van der Waals surface area (Å²) in [5.41, 5.74) is 5.55. The molecule has 0 saturated carbocycles. The van der Waals surface area contributed by atoms with E-state index in [4.69, 9.17) is 0 Å². The van der Waals surface area contributed by atoms with E-state index in [1.807, 2.05) is 0 Å². The number of hydrogen-bond acceptors (Lipinski definition) is 1. The van der Waals surface area contributed by atoms with Crippen molar-refractivity contribution in [2.24, 2.45) is 0 Å². The summed E-state index contributed by atoms with van der Waals surface area (Å²) in [7, 11) is 0. The zero-order valence-electron chi connectivity index (χ0n) is 13.3. The molecule has 0 aromatic heterocycles. The molecule has 2 aromatic rings. The van der Waals surface area contributed by atoms with Crippen molar-refractivity contribution in [2.45, 2.75) is 19.9 Å². The van der Waals surface area contributed by atoms with E-state index in [1.54, 1.807) is 0 Å². The number of nitrogens with zero attached hydrogens (tertiary/aromatic N) is 1. The largest absolute Gasteiger partial charge is 1.00 e. The van der Waals surface area contributed by atoms with Gasteiger partial charge in [0.1, 0.15) is 12.6 Å². The van der Waals surface area contributed by atoms with Crippen molar-refractivity contribution in [3.05, 3.63) is 59.7 Å². The highest BCUT2D eigenvalue weighted by atomic mass is 79.9. The number of rotatable bonds is 5. The molecular formula is C19H24BrNO. The lowest BCUT2D eigenvalue weighted by Gasteiger charge is -2.42. The van der Waals surface area contributed by atoms with Gasteiger partial charge < -0.3 is 26.6 Å². The molecule has 1 aliphatic carbocycles. The van der Waals surface area contributed by atoms with Gasteiger partial charge in [0.15, 0.2) is 0 Å². The zero-order valence-corrected chi connectivity index (χ0v) is 14.9. The molecular weight excluding hydrogens is 338 g/mol. The standard InChI is InChI=1S/C19H24NO.BrH/c1-3-20(4-2,13-14-21)19-17-11-7-5-9-15(17)16-10-6-8-12-18(16)19;/h5-12,19,21H,3-4,13-14H2,1-2H3;1H/q+1;/p-1. The third kappa shape index (κ3) is 2.51. The van der Waals surface area contributed by atoms with Crippen LogP contribution < -0.4 is 17.0 Å². The normalized spacial score (nSPS) is 13.4. The quantitative estimate of drug-likeness (QED) is 0.773. The summed E-state index contributed by atoms with van der Waals surface area (Å²) in [5.74, 6) is 0. The summed E-state index contributed by atoms with van der Waals surface area (Å²) >= 11 is 0. The highest BCUT2D eigenvalue weighted by Gasteiger charge is 2.42. The number of likely N-dealkylation sites (N-methyl/N-ethyl adjacent to an activating group) is 1. The van der Waals surface area contributed by atoms with E-state index in [9.17, 15) is 5.11 Å². The predicted molar refractivity (Wildman–Crippen MR) is 87.0 cm³/mol. The summed E-state index contributed by atoms with van der Waals surface area (Å²) < 4.78 is 0.921. The fourth-order valence-electron chi connectivity index (χ4n) is 3.95. The molecule has 2 nitrogen and oxygen atoms in total. The number of hydrogen-bond donors (Lipinski definition) is 1. The lowest BCUT2D eigenvalue weighted by atomic mass is 10.00. The smallest absolute Gasteiger partial charge is 0.142 e. The first-order valence-electron chi connectivity index (χ1n) is 7.92. The van der Waals surface area contributed by atoms with Gasteiger partial charge in [0.2, 0.25) is 0 Å². The van der Waals surface area contributed by atoms with Gasteiger partial charge in [0.05, 0.1) is 19.7 Å². The lowest BCUT2D eigenvalue weighted by Crippen LogP contribution is -3.00. The fraction of sp³-hybridized carbons (Fsp3) is 0.368. The minimum Gasteiger partial charge on any atom is -1.00 e. The number of quaternary nitrogens is 1. The SMILES string of the molecule is CC[N+](CC)(CCO)C1c2ccccc2-c2ccccc21.[Br-]. The second kappa shape index (κ2) is 6.95. The third-order valence-electron chi connectivity index (χ3n) is 5.15. The fourth-order valence-corrected chi connectivity index (χ4v) is 3.95. The first kappa shape index (κ1) is 17.2. The van der Waals surface area contributed by atoms with Crippen LogP contribution in [0.5, 0.6) is 0 Å². The van der Waals surface area contributed by atoms with E-state index < -0.39 is 0 Å². The van der Waals surface area contributed by atoms with Gasteiger partial charge in [-0.2, -0.15) is 0 Å². The average Bonchev–Trinajstić information content (AvgIpc) is 2.88. The minimum atomic E-state index is 0. The van der Waals surface area contributed by atoms with Gasteiger partial charge in [-0.05, 0) is 25.0 Å². The van der Waals surface area contributed by atoms with E-state index in [0.717, 1.165) is 24.1 Å². The summed E-state index contributed by atoms with van der Waals surface area (Å²) in [6.45, 7) is 7.59. The Hall–Kier alpha value is -1.16. The van der Waals surface area contributed by atoms with Crippen LogP contribution in [-0.4, -0.2) is 35.8 Å². The Kier molecular flexibility index (Phi) is 5.43. The van der Waals surface area contributed by atoms with Crippen molar-refractivity contribution < 1.29 is 26.6 Å². The van der Waals surface area contributed by atoms with Crippen molar-refractivity contribution in [2.75, 3.05) is 26.2 Å². The van der Waals surface area contributed by atoms with Gasteiger partial charge in [-0.15, -0.1) is 0 Å². The van der Waals surface area contributed by atoms with E-state index in [1.165, 1.54) is 22.3 Å². The maximum atomic E-state index is 9.60. The van der Waals surface area contributed by atoms with E-state index in [-0.39, 0.29) is 23.6 Å². The molecule has 0 unspecified atom stereocenters. The van der Waals surface area contributed by atoms with E-state index in [2.05, 4.69) is 62.4 Å². The Morgan fingerprint density at radius 1 is 0.864 bits per heavy atom. The second-order valence-corrected chi connectivity index (χ2v) is 5.88. The molecule has 1 N–H and O–H groups in total. The number of halogens is 1. The van der Waals surface area contributed by atoms with Gasteiger partial charge in [-0.25, -0.2) is 0 Å². The summed E-state index contributed by atoms with van der Waals surface area (Å²) in [5, 5.41) is 9.60. The van der Waals surface area contributed by atoms with Gasteiger partial charge in [0, 0.05) is 11.1 Å². The Balaban J connectivity index is 0.00000176. The maximum Gasteiger partial charge on any atom is 0.142 e. The van der Waals surface area contributed by atoms with Crippen LogP contribution in [0.3, 0.4) is 0 Å². The molecule has 0 radical (unpaired) electrons. The van der Waals surface area contributed by atoms with Gasteiger partial charge >= 0.3 is 0 Å². The van der Waals surface area contributed by atoms with Crippen LogP contribution in [0.25, 0.3) is 11.1 Å². The van der Waals surface area contributed by atoms with Crippen LogP contribution in [0.1, 0.15) is 31.0 Å². The molecule has 3 rings (SSSR count). The van der Waals surface area contributed by atoms with Crippen molar-refractivity contribution in [3.8, 4) is 11.1 Å². The molecule has 3 heteroatoms. The molecule has 0 saturated heterocycles. The minimum absolute atomic E-state index is 0. The number of aliphatic hydroxyl groups is 1. The monoisotopic (exact) mass is 361 g/mol. The maximum absolute atomic E-state index is 9.60. The number of benzene rings is 2. The summed E-state index contributed by atoms with van der Waals surface area (Å²) in [6.07, 6.45) is 0. The van der Waals surface area contributed by atoms with Gasteiger partial charge in [-0.1, -0.05) is 48.5 Å². The zero-order chi connectivity index (χ0) is 14.9. The van der Waals surface area contributed by atoms with Crippen molar-refractivity contribution in [1.82, 2.24) is 0 Å². The molecule has 0 aliphatic heterocycles. The van der Waals surface area contributed by atoms with Crippen LogP contribution in [0, 0.1) is 0 Å². The van der Waals surface area contributed by atoms with Gasteiger partial charge in [0.25, 0.3) is 0 Å². The van der Waals surface area contributed by atoms with Crippen molar-refractivity contribution in [1.29, 1.82) is 0 Å². The Morgan fingerprint density at radius 2 is 1.32 bits per heavy atom. The predicted octanol–water partition coefficient (Wildman–Crippen LogP) is 0.609. The molecule has 1 aliphatic rings. The van der Waals surface area contributed by atoms with Crippen LogP contribution in [0.15, 0.2) is 48.5 Å². The van der Waals surface area contributed by atoms with Crippen LogP contribution in [-0.2, 0) is 0 Å². The molecule has 0 heterocycles. The molecule has 0 bridgehead atoms. The van der Waals surface area contributed by atoms with Crippen LogP contribution in [0.2, 0.25) is 0 Å². The number of fused-ring (bicyclic) bond motifs is 3.